The number of carboxylic acids is 1. The quantitative estimate of drug-likeness (QED) is 0.739. The van der Waals surface area contributed by atoms with Crippen molar-refractivity contribution in [3.05, 3.63) is 36.3 Å². The Labute approximate surface area is 150 Å². The third-order valence-corrected chi connectivity index (χ3v) is 4.32. The van der Waals surface area contributed by atoms with Crippen LogP contribution in [0, 0.1) is 0 Å². The molecule has 140 valence electrons. The van der Waals surface area contributed by atoms with Crippen LogP contribution in [-0.2, 0) is 21.3 Å². The van der Waals surface area contributed by atoms with E-state index in [0.29, 0.717) is 11.9 Å². The lowest BCUT2D eigenvalue weighted by molar-refractivity contribution is -0.146. The summed E-state index contributed by atoms with van der Waals surface area (Å²) < 4.78 is 38.6. The number of carbonyl (C=O) groups excluding carboxylic acids is 1. The van der Waals surface area contributed by atoms with Gasteiger partial charge in [0, 0.05) is 12.4 Å². The van der Waals surface area contributed by atoms with Crippen molar-refractivity contribution in [3.63, 3.8) is 0 Å². The van der Waals surface area contributed by atoms with E-state index in [4.69, 9.17) is 5.11 Å². The van der Waals surface area contributed by atoms with Crippen LogP contribution < -0.4 is 5.32 Å². The van der Waals surface area contributed by atoms with E-state index in [2.05, 4.69) is 15.4 Å². The zero-order valence-corrected chi connectivity index (χ0v) is 14.6. The number of aromatic nitrogens is 3. The number of thioether (sulfide) groups is 1. The topological polar surface area (TPSA) is 97.1 Å². The minimum absolute atomic E-state index is 0.0775. The maximum absolute atomic E-state index is 12.5. The minimum Gasteiger partial charge on any atom is -0.479 e. The number of carbonyl (C=O) groups is 2. The fourth-order valence-electron chi connectivity index (χ4n) is 1.76. The predicted molar refractivity (Wildman–Crippen MR) is 87.8 cm³/mol. The summed E-state index contributed by atoms with van der Waals surface area (Å²) in [6.07, 6.45) is -1.06. The van der Waals surface area contributed by atoms with Gasteiger partial charge in [-0.15, -0.1) is 0 Å². The second-order valence-corrected chi connectivity index (χ2v) is 6.75. The largest absolute Gasteiger partial charge is 0.479 e. The summed E-state index contributed by atoms with van der Waals surface area (Å²) >= 11 is 0.973. The highest BCUT2D eigenvalue weighted by molar-refractivity contribution is 7.99. The SMILES string of the molecule is CC(C)(C(=O)O)n1cc(NC(=O)CSc2ccc(C(F)(F)F)cn2)cn1. The Morgan fingerprint density at radius 2 is 1.96 bits per heavy atom. The second-order valence-electron chi connectivity index (χ2n) is 5.76. The second kappa shape index (κ2) is 7.36. The Morgan fingerprint density at radius 3 is 2.50 bits per heavy atom. The van der Waals surface area contributed by atoms with Crippen molar-refractivity contribution in [2.24, 2.45) is 0 Å². The van der Waals surface area contributed by atoms with Gasteiger partial charge in [-0.3, -0.25) is 9.48 Å². The lowest BCUT2D eigenvalue weighted by atomic mass is 10.1. The van der Waals surface area contributed by atoms with Gasteiger partial charge in [0.15, 0.2) is 5.54 Å². The molecule has 2 aromatic heterocycles. The van der Waals surface area contributed by atoms with E-state index in [0.717, 1.165) is 17.8 Å². The summed E-state index contributed by atoms with van der Waals surface area (Å²) in [6, 6.07) is 2.08. The molecule has 0 saturated heterocycles. The number of anilines is 1. The van der Waals surface area contributed by atoms with Crippen molar-refractivity contribution < 1.29 is 27.9 Å². The number of halogens is 3. The van der Waals surface area contributed by atoms with Gasteiger partial charge in [-0.05, 0) is 26.0 Å². The van der Waals surface area contributed by atoms with E-state index in [-0.39, 0.29) is 10.8 Å². The average molecular weight is 388 g/mol. The molecule has 2 N–H and O–H groups in total. The molecular weight excluding hydrogens is 373 g/mol. The van der Waals surface area contributed by atoms with Crippen molar-refractivity contribution in [3.8, 4) is 0 Å². The highest BCUT2D eigenvalue weighted by Gasteiger charge is 2.31. The Morgan fingerprint density at radius 1 is 1.27 bits per heavy atom. The molecule has 0 bridgehead atoms. The zero-order valence-electron chi connectivity index (χ0n) is 13.7. The highest BCUT2D eigenvalue weighted by atomic mass is 32.2. The molecule has 0 spiro atoms. The van der Waals surface area contributed by atoms with Crippen molar-refractivity contribution >= 4 is 29.3 Å². The first-order valence-electron chi connectivity index (χ1n) is 7.24. The molecule has 0 aliphatic carbocycles. The summed E-state index contributed by atoms with van der Waals surface area (Å²) in [6.45, 7) is 2.92. The van der Waals surface area contributed by atoms with Crippen molar-refractivity contribution in [1.82, 2.24) is 14.8 Å². The smallest absolute Gasteiger partial charge is 0.417 e. The molecule has 0 atom stereocenters. The van der Waals surface area contributed by atoms with Crippen LogP contribution in [0.15, 0.2) is 35.7 Å². The number of rotatable bonds is 6. The number of hydrogen-bond acceptors (Lipinski definition) is 5. The number of hydrogen-bond donors (Lipinski definition) is 2. The van der Waals surface area contributed by atoms with Gasteiger partial charge in [-0.2, -0.15) is 18.3 Å². The number of alkyl halides is 3. The molecule has 2 rings (SSSR count). The molecule has 11 heteroatoms. The lowest BCUT2D eigenvalue weighted by Crippen LogP contribution is -2.35. The molecular formula is C15H15F3N4O3S. The maximum atomic E-state index is 12.5. The molecule has 0 radical (unpaired) electrons. The highest BCUT2D eigenvalue weighted by Crippen LogP contribution is 2.29. The third kappa shape index (κ3) is 4.75. The molecule has 0 aliphatic heterocycles. The molecule has 0 aromatic carbocycles. The van der Waals surface area contributed by atoms with Gasteiger partial charge in [0.25, 0.3) is 0 Å². The molecule has 26 heavy (non-hydrogen) atoms. The fourth-order valence-corrected chi connectivity index (χ4v) is 2.40. The summed E-state index contributed by atoms with van der Waals surface area (Å²) in [5.41, 5.74) is -1.83. The van der Waals surface area contributed by atoms with E-state index >= 15 is 0 Å². The van der Waals surface area contributed by atoms with E-state index in [9.17, 15) is 22.8 Å². The summed E-state index contributed by atoms with van der Waals surface area (Å²) in [4.78, 5) is 26.7. The van der Waals surface area contributed by atoms with Gasteiger partial charge in [-0.1, -0.05) is 11.8 Å². The third-order valence-electron chi connectivity index (χ3n) is 3.38. The van der Waals surface area contributed by atoms with Crippen LogP contribution in [0.3, 0.4) is 0 Å². The number of amides is 1. The molecule has 1 amide bonds. The number of nitrogens with zero attached hydrogens (tertiary/aromatic N) is 3. The Bertz CT molecular complexity index is 803. The normalized spacial score (nSPS) is 12.0. The standard InChI is InChI=1S/C15H15F3N4O3S/c1-14(2,13(24)25)22-7-10(6-20-22)21-11(23)8-26-12-4-3-9(5-19-12)15(16,17)18/h3-7H,8H2,1-2H3,(H,21,23)(H,24,25). The number of pyridine rings is 1. The van der Waals surface area contributed by atoms with Gasteiger partial charge in [0.1, 0.15) is 0 Å². The first-order chi connectivity index (χ1) is 12.0. The van der Waals surface area contributed by atoms with Gasteiger partial charge in [0.2, 0.25) is 5.91 Å². The molecule has 0 aliphatic rings. The van der Waals surface area contributed by atoms with E-state index in [1.807, 2.05) is 0 Å². The van der Waals surface area contributed by atoms with Crippen LogP contribution in [-0.4, -0.2) is 37.5 Å². The number of nitrogens with one attached hydrogen (secondary N) is 1. The molecule has 2 aromatic rings. The van der Waals surface area contributed by atoms with Crippen LogP contribution in [0.5, 0.6) is 0 Å². The summed E-state index contributed by atoms with van der Waals surface area (Å²) in [5, 5.41) is 15.9. The fraction of sp³-hybridized carbons (Fsp3) is 0.333. The first-order valence-corrected chi connectivity index (χ1v) is 8.23. The van der Waals surface area contributed by atoms with Gasteiger partial charge < -0.3 is 10.4 Å². The van der Waals surface area contributed by atoms with Crippen LogP contribution in [0.4, 0.5) is 18.9 Å². The maximum Gasteiger partial charge on any atom is 0.417 e. The number of aliphatic carboxylic acids is 1. The van der Waals surface area contributed by atoms with Crippen LogP contribution >= 0.6 is 11.8 Å². The van der Waals surface area contributed by atoms with Gasteiger partial charge in [-0.25, -0.2) is 9.78 Å². The Balaban J connectivity index is 1.92. The molecule has 2 heterocycles. The van der Waals surface area contributed by atoms with Crippen LogP contribution in [0.2, 0.25) is 0 Å². The van der Waals surface area contributed by atoms with Crippen molar-refractivity contribution in [2.45, 2.75) is 30.6 Å². The van der Waals surface area contributed by atoms with Gasteiger partial charge in [0.05, 0.1) is 28.2 Å². The average Bonchev–Trinajstić information content (AvgIpc) is 3.01. The zero-order chi connectivity index (χ0) is 19.5. The molecule has 0 saturated carbocycles. The summed E-state index contributed by atoms with van der Waals surface area (Å²) in [7, 11) is 0. The van der Waals surface area contributed by atoms with Gasteiger partial charge >= 0.3 is 12.1 Å². The Kier molecular flexibility index (Phi) is 5.59. The minimum atomic E-state index is -4.46. The van der Waals surface area contributed by atoms with E-state index in [1.165, 1.54) is 37.0 Å². The molecule has 0 fully saturated rings. The van der Waals surface area contributed by atoms with Crippen molar-refractivity contribution in [2.75, 3.05) is 11.1 Å². The van der Waals surface area contributed by atoms with E-state index < -0.39 is 29.2 Å². The van der Waals surface area contributed by atoms with E-state index in [1.54, 1.807) is 0 Å². The molecule has 0 unspecified atom stereocenters. The monoisotopic (exact) mass is 388 g/mol. The molecule has 7 nitrogen and oxygen atoms in total. The van der Waals surface area contributed by atoms with Crippen LogP contribution in [0.25, 0.3) is 0 Å². The summed E-state index contributed by atoms with van der Waals surface area (Å²) in [5.74, 6) is -1.59. The van der Waals surface area contributed by atoms with Crippen molar-refractivity contribution in [1.29, 1.82) is 0 Å². The predicted octanol–water partition coefficient (Wildman–Crippen LogP) is 2.85. The first kappa shape index (κ1) is 19.8. The Hall–Kier alpha value is -2.56. The van der Waals surface area contributed by atoms with Crippen LogP contribution in [0.1, 0.15) is 19.4 Å². The lowest BCUT2D eigenvalue weighted by Gasteiger charge is -2.19. The number of carboxylic acid groups (broad SMARTS) is 1.